The minimum absolute atomic E-state index is 0.0572. The number of nitrogens with zero attached hydrogens (tertiary/aromatic N) is 1. The predicted molar refractivity (Wildman–Crippen MR) is 77.8 cm³/mol. The third kappa shape index (κ3) is 3.20. The first-order valence-corrected chi connectivity index (χ1v) is 7.57. The third-order valence-electron chi connectivity index (χ3n) is 2.57. The molecule has 2 aromatic rings. The summed E-state index contributed by atoms with van der Waals surface area (Å²) in [6, 6.07) is 7.91. The van der Waals surface area contributed by atoms with Crippen molar-refractivity contribution in [1.29, 1.82) is 0 Å². The molecular weight excluding hydrogens is 300 g/mol. The quantitative estimate of drug-likeness (QED) is 0.942. The summed E-state index contributed by atoms with van der Waals surface area (Å²) in [5.74, 6) is 0.422. The molecule has 0 aliphatic rings. The Bertz CT molecular complexity index is 732. The van der Waals surface area contributed by atoms with Gasteiger partial charge in [0, 0.05) is 17.3 Å². The van der Waals surface area contributed by atoms with Gasteiger partial charge in [-0.2, -0.15) is 0 Å². The molecule has 7 heteroatoms. The minimum Gasteiger partial charge on any atom is -0.495 e. The van der Waals surface area contributed by atoms with E-state index in [0.29, 0.717) is 5.02 Å². The van der Waals surface area contributed by atoms with Crippen LogP contribution in [0, 0.1) is 6.92 Å². The molecule has 0 atom stereocenters. The number of aromatic nitrogens is 1. The van der Waals surface area contributed by atoms with E-state index in [1.165, 1.54) is 25.4 Å². The molecule has 2 rings (SSSR count). The zero-order chi connectivity index (χ0) is 14.8. The van der Waals surface area contributed by atoms with E-state index in [-0.39, 0.29) is 16.5 Å². The van der Waals surface area contributed by atoms with Gasteiger partial charge in [-0.1, -0.05) is 17.7 Å². The van der Waals surface area contributed by atoms with Gasteiger partial charge >= 0.3 is 0 Å². The van der Waals surface area contributed by atoms with Crippen molar-refractivity contribution < 1.29 is 13.2 Å². The number of rotatable bonds is 4. The van der Waals surface area contributed by atoms with Crippen LogP contribution >= 0.6 is 11.6 Å². The summed E-state index contributed by atoms with van der Waals surface area (Å²) < 4.78 is 32.2. The van der Waals surface area contributed by atoms with Gasteiger partial charge in [0.2, 0.25) is 0 Å². The molecule has 0 unspecified atom stereocenters. The van der Waals surface area contributed by atoms with Crippen LogP contribution in [0.2, 0.25) is 5.02 Å². The van der Waals surface area contributed by atoms with E-state index in [0.717, 1.165) is 5.56 Å². The Balaban J connectivity index is 2.43. The van der Waals surface area contributed by atoms with Gasteiger partial charge in [0.1, 0.15) is 16.5 Å². The van der Waals surface area contributed by atoms with Crippen molar-refractivity contribution in [2.75, 3.05) is 11.8 Å². The minimum atomic E-state index is -3.79. The van der Waals surface area contributed by atoms with Crippen LogP contribution in [0.15, 0.2) is 41.4 Å². The second-order valence-electron chi connectivity index (χ2n) is 4.12. The first-order valence-electron chi connectivity index (χ1n) is 5.71. The van der Waals surface area contributed by atoms with E-state index < -0.39 is 10.0 Å². The maximum atomic E-state index is 12.4. The number of sulfonamides is 1. The Morgan fingerprint density at radius 2 is 2.00 bits per heavy atom. The molecule has 0 fully saturated rings. The highest BCUT2D eigenvalue weighted by atomic mass is 35.5. The van der Waals surface area contributed by atoms with Gasteiger partial charge < -0.3 is 4.74 Å². The van der Waals surface area contributed by atoms with Crippen LogP contribution in [0.1, 0.15) is 5.56 Å². The van der Waals surface area contributed by atoms with Crippen molar-refractivity contribution in [2.24, 2.45) is 0 Å². The summed E-state index contributed by atoms with van der Waals surface area (Å²) >= 11 is 5.80. The molecule has 0 amide bonds. The molecule has 1 heterocycles. The molecule has 0 spiro atoms. The molecule has 5 nitrogen and oxygen atoms in total. The molecule has 1 aromatic heterocycles. The number of nitrogens with one attached hydrogen (secondary N) is 1. The fourth-order valence-corrected chi connectivity index (χ4v) is 3.06. The third-order valence-corrected chi connectivity index (χ3v) is 4.18. The van der Waals surface area contributed by atoms with Crippen LogP contribution in [0.3, 0.4) is 0 Å². The SMILES string of the molecule is COc1ccc(C)cc1S(=O)(=O)Nc1cc(Cl)ccn1. The predicted octanol–water partition coefficient (Wildman–Crippen LogP) is 2.85. The van der Waals surface area contributed by atoms with E-state index in [1.807, 2.05) is 0 Å². The van der Waals surface area contributed by atoms with E-state index >= 15 is 0 Å². The number of anilines is 1. The molecular formula is C13H13ClN2O3S. The zero-order valence-corrected chi connectivity index (χ0v) is 12.5. The van der Waals surface area contributed by atoms with Crippen molar-refractivity contribution >= 4 is 27.4 Å². The first-order chi connectivity index (χ1) is 9.42. The van der Waals surface area contributed by atoms with E-state index in [4.69, 9.17) is 16.3 Å². The van der Waals surface area contributed by atoms with Gasteiger partial charge in [0.25, 0.3) is 10.0 Å². The normalized spacial score (nSPS) is 11.2. The maximum absolute atomic E-state index is 12.4. The highest BCUT2D eigenvalue weighted by Gasteiger charge is 2.20. The fourth-order valence-electron chi connectivity index (χ4n) is 1.65. The summed E-state index contributed by atoms with van der Waals surface area (Å²) in [5, 5.41) is 0.397. The number of benzene rings is 1. The molecule has 1 N–H and O–H groups in total. The lowest BCUT2D eigenvalue weighted by molar-refractivity contribution is 0.402. The van der Waals surface area contributed by atoms with Gasteiger partial charge in [-0.3, -0.25) is 4.72 Å². The maximum Gasteiger partial charge on any atom is 0.266 e. The summed E-state index contributed by atoms with van der Waals surface area (Å²) in [7, 11) is -2.37. The highest BCUT2D eigenvalue weighted by Crippen LogP contribution is 2.26. The lowest BCUT2D eigenvalue weighted by Crippen LogP contribution is -2.15. The number of aryl methyl sites for hydroxylation is 1. The van der Waals surface area contributed by atoms with Crippen LogP contribution in [0.5, 0.6) is 5.75 Å². The van der Waals surface area contributed by atoms with Crippen LogP contribution in [0.4, 0.5) is 5.82 Å². The van der Waals surface area contributed by atoms with E-state index in [1.54, 1.807) is 25.1 Å². The van der Waals surface area contributed by atoms with Gasteiger partial charge in [-0.15, -0.1) is 0 Å². The van der Waals surface area contributed by atoms with Crippen LogP contribution in [-0.4, -0.2) is 20.5 Å². The lowest BCUT2D eigenvalue weighted by Gasteiger charge is -2.11. The zero-order valence-electron chi connectivity index (χ0n) is 10.9. The molecule has 0 saturated heterocycles. The Morgan fingerprint density at radius 3 is 2.65 bits per heavy atom. The molecule has 0 saturated carbocycles. The molecule has 106 valence electrons. The summed E-state index contributed by atoms with van der Waals surface area (Å²) in [5.41, 5.74) is 0.810. The smallest absolute Gasteiger partial charge is 0.266 e. The van der Waals surface area contributed by atoms with Gasteiger partial charge in [-0.25, -0.2) is 13.4 Å². The monoisotopic (exact) mass is 312 g/mol. The van der Waals surface area contributed by atoms with Crippen LogP contribution in [0.25, 0.3) is 0 Å². The number of hydrogen-bond acceptors (Lipinski definition) is 4. The van der Waals surface area contributed by atoms with E-state index in [9.17, 15) is 8.42 Å². The Morgan fingerprint density at radius 1 is 1.25 bits per heavy atom. The molecule has 0 radical (unpaired) electrons. The average molecular weight is 313 g/mol. The fraction of sp³-hybridized carbons (Fsp3) is 0.154. The summed E-state index contributed by atoms with van der Waals surface area (Å²) in [4.78, 5) is 3.97. The molecule has 0 bridgehead atoms. The average Bonchev–Trinajstić information content (AvgIpc) is 2.38. The number of pyridine rings is 1. The van der Waals surface area contributed by atoms with Crippen molar-refractivity contribution in [3.05, 3.63) is 47.1 Å². The second-order valence-corrected chi connectivity index (χ2v) is 6.21. The standard InChI is InChI=1S/C13H13ClN2O3S/c1-9-3-4-11(19-2)12(7-9)20(17,18)16-13-8-10(14)5-6-15-13/h3-8H,1-2H3,(H,15,16). The van der Waals surface area contributed by atoms with Gasteiger partial charge in [0.05, 0.1) is 7.11 Å². The van der Waals surface area contributed by atoms with Crippen molar-refractivity contribution in [3.63, 3.8) is 0 Å². The largest absolute Gasteiger partial charge is 0.495 e. The summed E-state index contributed by atoms with van der Waals surface area (Å²) in [6.07, 6.45) is 1.42. The molecule has 20 heavy (non-hydrogen) atoms. The molecule has 0 aliphatic carbocycles. The number of ether oxygens (including phenoxy) is 1. The van der Waals surface area contributed by atoms with Crippen molar-refractivity contribution in [2.45, 2.75) is 11.8 Å². The van der Waals surface area contributed by atoms with Gasteiger partial charge in [0.15, 0.2) is 0 Å². The Hall–Kier alpha value is -1.79. The van der Waals surface area contributed by atoms with Crippen LogP contribution < -0.4 is 9.46 Å². The van der Waals surface area contributed by atoms with Crippen molar-refractivity contribution in [1.82, 2.24) is 4.98 Å². The van der Waals surface area contributed by atoms with E-state index in [2.05, 4.69) is 9.71 Å². The van der Waals surface area contributed by atoms with Crippen LogP contribution in [-0.2, 0) is 10.0 Å². The second kappa shape index (κ2) is 5.68. The number of halogens is 1. The Kier molecular flexibility index (Phi) is 4.15. The number of hydrogen-bond donors (Lipinski definition) is 1. The lowest BCUT2D eigenvalue weighted by atomic mass is 10.2. The molecule has 1 aromatic carbocycles. The number of methoxy groups -OCH3 is 1. The molecule has 0 aliphatic heterocycles. The summed E-state index contributed by atoms with van der Waals surface area (Å²) in [6.45, 7) is 1.80. The highest BCUT2D eigenvalue weighted by molar-refractivity contribution is 7.92. The Labute approximate surface area is 122 Å². The topological polar surface area (TPSA) is 68.3 Å². The van der Waals surface area contributed by atoms with Crippen molar-refractivity contribution in [3.8, 4) is 5.75 Å². The van der Waals surface area contributed by atoms with Gasteiger partial charge in [-0.05, 0) is 30.7 Å². The first kappa shape index (κ1) is 14.6.